The van der Waals surface area contributed by atoms with E-state index < -0.39 is 0 Å². The second-order valence-corrected chi connectivity index (χ2v) is 8.52. The fraction of sp³-hybridized carbons (Fsp3) is 0.522. The molecule has 1 N–H and O–H groups in total. The molecule has 6 heteroatoms. The Hall–Kier alpha value is -2.47. The zero-order chi connectivity index (χ0) is 20.5. The minimum atomic E-state index is -0.151. The molecule has 1 aromatic carbocycles. The Morgan fingerprint density at radius 2 is 1.97 bits per heavy atom. The molecule has 2 atom stereocenters. The second-order valence-electron chi connectivity index (χ2n) is 8.52. The number of nitrogens with zero attached hydrogens (tertiary/aromatic N) is 4. The third-order valence-electron chi connectivity index (χ3n) is 6.26. The molecular weight excluding hydrogens is 362 g/mol. The molecule has 2 heterocycles. The molecule has 1 aromatic heterocycles. The number of anilines is 1. The van der Waals surface area contributed by atoms with E-state index in [1.54, 1.807) is 14.1 Å². The SMILES string of the molecule is Cc1nc(C(=O)N(C)C)nc(N2CC[C@@H](NC3CCCc4ccccc43)C2)c1C. The van der Waals surface area contributed by atoms with Crippen LogP contribution < -0.4 is 10.2 Å². The Morgan fingerprint density at radius 1 is 1.17 bits per heavy atom. The van der Waals surface area contributed by atoms with Crippen molar-refractivity contribution in [2.24, 2.45) is 0 Å². The molecule has 1 aliphatic carbocycles. The van der Waals surface area contributed by atoms with Crippen LogP contribution in [0.1, 0.15) is 58.3 Å². The molecule has 0 bridgehead atoms. The number of benzene rings is 1. The quantitative estimate of drug-likeness (QED) is 0.865. The summed E-state index contributed by atoms with van der Waals surface area (Å²) in [5.74, 6) is 1.03. The molecule has 6 nitrogen and oxygen atoms in total. The van der Waals surface area contributed by atoms with Gasteiger partial charge < -0.3 is 15.1 Å². The van der Waals surface area contributed by atoms with Crippen molar-refractivity contribution >= 4 is 11.7 Å². The van der Waals surface area contributed by atoms with E-state index in [9.17, 15) is 4.79 Å². The fourth-order valence-electron chi connectivity index (χ4n) is 4.52. The summed E-state index contributed by atoms with van der Waals surface area (Å²) in [5.41, 5.74) is 4.88. The third-order valence-corrected chi connectivity index (χ3v) is 6.26. The molecule has 2 aromatic rings. The largest absolute Gasteiger partial charge is 0.355 e. The summed E-state index contributed by atoms with van der Waals surface area (Å²) in [6.07, 6.45) is 4.71. The topological polar surface area (TPSA) is 61.4 Å². The Balaban J connectivity index is 1.50. The van der Waals surface area contributed by atoms with E-state index in [1.165, 1.54) is 35.3 Å². The van der Waals surface area contributed by atoms with Gasteiger partial charge in [0, 0.05) is 50.5 Å². The molecule has 0 saturated carbocycles. The Bertz CT molecular complexity index is 910. The van der Waals surface area contributed by atoms with Crippen molar-refractivity contribution < 1.29 is 4.79 Å². The monoisotopic (exact) mass is 393 g/mol. The first-order valence-corrected chi connectivity index (χ1v) is 10.6. The average molecular weight is 394 g/mol. The molecule has 29 heavy (non-hydrogen) atoms. The van der Waals surface area contributed by atoms with Crippen LogP contribution in [-0.2, 0) is 6.42 Å². The van der Waals surface area contributed by atoms with Crippen LogP contribution in [0.25, 0.3) is 0 Å². The van der Waals surface area contributed by atoms with Gasteiger partial charge >= 0.3 is 0 Å². The predicted octanol–water partition coefficient (Wildman–Crippen LogP) is 3.04. The molecule has 1 aliphatic heterocycles. The van der Waals surface area contributed by atoms with E-state index in [0.717, 1.165) is 36.6 Å². The van der Waals surface area contributed by atoms with Gasteiger partial charge in [0.05, 0.1) is 0 Å². The van der Waals surface area contributed by atoms with Crippen molar-refractivity contribution in [3.8, 4) is 0 Å². The lowest BCUT2D eigenvalue weighted by atomic mass is 9.87. The van der Waals surface area contributed by atoms with Crippen molar-refractivity contribution in [1.29, 1.82) is 0 Å². The Morgan fingerprint density at radius 3 is 2.76 bits per heavy atom. The molecule has 1 saturated heterocycles. The summed E-state index contributed by atoms with van der Waals surface area (Å²) in [6, 6.07) is 9.69. The summed E-state index contributed by atoms with van der Waals surface area (Å²) < 4.78 is 0. The molecule has 0 radical (unpaired) electrons. The van der Waals surface area contributed by atoms with Crippen LogP contribution in [0.3, 0.4) is 0 Å². The van der Waals surface area contributed by atoms with Gasteiger partial charge in [-0.25, -0.2) is 9.97 Å². The molecule has 0 spiro atoms. The smallest absolute Gasteiger partial charge is 0.291 e. The molecular formula is C23H31N5O. The van der Waals surface area contributed by atoms with Crippen molar-refractivity contribution in [1.82, 2.24) is 20.2 Å². The van der Waals surface area contributed by atoms with Crippen LogP contribution in [0, 0.1) is 13.8 Å². The van der Waals surface area contributed by atoms with E-state index in [0.29, 0.717) is 12.1 Å². The van der Waals surface area contributed by atoms with Gasteiger partial charge in [-0.15, -0.1) is 0 Å². The maximum absolute atomic E-state index is 12.4. The highest BCUT2D eigenvalue weighted by atomic mass is 16.2. The normalized spacial score (nSPS) is 21.2. The summed E-state index contributed by atoms with van der Waals surface area (Å²) >= 11 is 0. The summed E-state index contributed by atoms with van der Waals surface area (Å²) in [7, 11) is 3.47. The van der Waals surface area contributed by atoms with E-state index in [-0.39, 0.29) is 11.7 Å². The number of carbonyl (C=O) groups is 1. The summed E-state index contributed by atoms with van der Waals surface area (Å²) in [5, 5.41) is 3.90. The van der Waals surface area contributed by atoms with Gasteiger partial charge in [-0.2, -0.15) is 0 Å². The van der Waals surface area contributed by atoms with Crippen molar-refractivity contribution in [3.05, 3.63) is 52.5 Å². The van der Waals surface area contributed by atoms with E-state index in [2.05, 4.69) is 44.5 Å². The van der Waals surface area contributed by atoms with Gasteiger partial charge in [0.15, 0.2) is 0 Å². The number of aryl methyl sites for hydroxylation is 2. The number of aromatic nitrogens is 2. The van der Waals surface area contributed by atoms with Gasteiger partial charge in [-0.05, 0) is 50.7 Å². The molecule has 1 unspecified atom stereocenters. The Labute approximate surface area is 173 Å². The van der Waals surface area contributed by atoms with Gasteiger partial charge in [0.25, 0.3) is 5.91 Å². The van der Waals surface area contributed by atoms with Crippen LogP contribution >= 0.6 is 0 Å². The first kappa shape index (κ1) is 19.8. The third kappa shape index (κ3) is 3.99. The number of carbonyl (C=O) groups excluding carboxylic acids is 1. The standard InChI is InChI=1S/C23H31N5O/c1-15-16(2)24-21(23(29)27(3)4)26-22(15)28-13-12-18(14-28)25-20-11-7-9-17-8-5-6-10-19(17)20/h5-6,8,10,18,20,25H,7,9,11-14H2,1-4H3/t18-,20?/m1/s1. The highest BCUT2D eigenvalue weighted by Crippen LogP contribution is 2.31. The number of fused-ring (bicyclic) bond motifs is 1. The van der Waals surface area contributed by atoms with Gasteiger partial charge in [-0.3, -0.25) is 4.79 Å². The van der Waals surface area contributed by atoms with E-state index in [4.69, 9.17) is 0 Å². The van der Waals surface area contributed by atoms with E-state index >= 15 is 0 Å². The Kier molecular flexibility index (Phi) is 5.54. The maximum atomic E-state index is 12.4. The lowest BCUT2D eigenvalue weighted by Gasteiger charge is -2.29. The zero-order valence-corrected chi connectivity index (χ0v) is 17.9. The van der Waals surface area contributed by atoms with Gasteiger partial charge in [-0.1, -0.05) is 24.3 Å². The average Bonchev–Trinajstić information content (AvgIpc) is 3.18. The van der Waals surface area contributed by atoms with Crippen LogP contribution in [-0.4, -0.2) is 54.0 Å². The zero-order valence-electron chi connectivity index (χ0n) is 17.9. The number of hydrogen-bond acceptors (Lipinski definition) is 5. The number of amides is 1. The highest BCUT2D eigenvalue weighted by molar-refractivity contribution is 5.90. The summed E-state index contributed by atoms with van der Waals surface area (Å²) in [6.45, 7) is 5.86. The number of nitrogens with one attached hydrogen (secondary N) is 1. The van der Waals surface area contributed by atoms with Crippen LogP contribution in [0.4, 0.5) is 5.82 Å². The first-order chi connectivity index (χ1) is 13.9. The van der Waals surface area contributed by atoms with E-state index in [1.807, 2.05) is 13.8 Å². The van der Waals surface area contributed by atoms with Crippen LogP contribution in [0.5, 0.6) is 0 Å². The highest BCUT2D eigenvalue weighted by Gasteiger charge is 2.30. The second kappa shape index (κ2) is 8.11. The van der Waals surface area contributed by atoms with Crippen molar-refractivity contribution in [2.75, 3.05) is 32.1 Å². The van der Waals surface area contributed by atoms with Gasteiger partial charge in [0.2, 0.25) is 5.82 Å². The minimum Gasteiger partial charge on any atom is -0.355 e. The van der Waals surface area contributed by atoms with Crippen LogP contribution in [0.15, 0.2) is 24.3 Å². The lowest BCUT2D eigenvalue weighted by Crippen LogP contribution is -2.37. The molecule has 1 fully saturated rings. The molecule has 154 valence electrons. The minimum absolute atomic E-state index is 0.151. The van der Waals surface area contributed by atoms with Crippen LogP contribution in [0.2, 0.25) is 0 Å². The van der Waals surface area contributed by atoms with Crippen molar-refractivity contribution in [3.63, 3.8) is 0 Å². The number of hydrogen-bond donors (Lipinski definition) is 1. The summed E-state index contributed by atoms with van der Waals surface area (Å²) in [4.78, 5) is 25.3. The molecule has 4 rings (SSSR count). The molecule has 2 aliphatic rings. The lowest BCUT2D eigenvalue weighted by molar-refractivity contribution is 0.0815. The van der Waals surface area contributed by atoms with Gasteiger partial charge in [0.1, 0.15) is 5.82 Å². The predicted molar refractivity (Wildman–Crippen MR) is 115 cm³/mol. The fourth-order valence-corrected chi connectivity index (χ4v) is 4.52. The van der Waals surface area contributed by atoms with Crippen molar-refractivity contribution in [2.45, 2.75) is 51.6 Å². The maximum Gasteiger partial charge on any atom is 0.291 e. The first-order valence-electron chi connectivity index (χ1n) is 10.6. The number of rotatable bonds is 4. The molecule has 1 amide bonds.